The number of rotatable bonds is 1. The molecular formula is C9H20B5N. The van der Waals surface area contributed by atoms with E-state index >= 15 is 0 Å². The van der Waals surface area contributed by atoms with Crippen molar-refractivity contribution in [2.45, 2.75) is 58.6 Å². The molecule has 0 amide bonds. The van der Waals surface area contributed by atoms with Crippen molar-refractivity contribution in [2.75, 3.05) is 0 Å². The fourth-order valence-corrected chi connectivity index (χ4v) is 3.17. The highest BCUT2D eigenvalue weighted by Gasteiger charge is 2.50. The molecule has 0 unspecified atom stereocenters. The van der Waals surface area contributed by atoms with Gasteiger partial charge in [0.1, 0.15) is 0 Å². The molecule has 0 aromatic heterocycles. The third kappa shape index (κ3) is 2.51. The Labute approximate surface area is 99.2 Å². The minimum atomic E-state index is -0.164. The zero-order valence-corrected chi connectivity index (χ0v) is 10.7. The lowest BCUT2D eigenvalue weighted by atomic mass is 8.95. The summed E-state index contributed by atoms with van der Waals surface area (Å²) in [5.74, 6) is 0. The molecule has 0 atom stereocenters. The molecule has 0 aliphatic carbocycles. The predicted molar refractivity (Wildman–Crippen MR) is 75.1 cm³/mol. The zero-order valence-electron chi connectivity index (χ0n) is 10.7. The van der Waals surface area contributed by atoms with Crippen LogP contribution in [0.4, 0.5) is 0 Å². The van der Waals surface area contributed by atoms with Crippen LogP contribution < -0.4 is 0 Å². The highest BCUT2D eigenvalue weighted by molar-refractivity contribution is 7.58. The molecule has 2 saturated heterocycles. The first-order valence-corrected chi connectivity index (χ1v) is 6.32. The normalized spacial score (nSPS) is 23.5. The van der Waals surface area contributed by atoms with Gasteiger partial charge >= 0.3 is 0 Å². The lowest BCUT2D eigenvalue weighted by Gasteiger charge is -2.38. The average molecular weight is 196 g/mol. The van der Waals surface area contributed by atoms with Crippen molar-refractivity contribution in [3.05, 3.63) is 0 Å². The van der Waals surface area contributed by atoms with Crippen molar-refractivity contribution in [3.8, 4) is 0 Å². The molecule has 2 heterocycles. The Hall–Kier alpha value is 0.285. The van der Waals surface area contributed by atoms with Crippen molar-refractivity contribution in [1.29, 1.82) is 0 Å². The Morgan fingerprint density at radius 1 is 1.13 bits per heavy atom. The number of hydrogen-bond donors (Lipinski definition) is 0. The first-order chi connectivity index (χ1) is 7.02. The van der Waals surface area contributed by atoms with E-state index in [1.807, 2.05) is 13.8 Å². The molecule has 76 valence electrons. The Kier molecular flexibility index (Phi) is 4.52. The van der Waals surface area contributed by atoms with E-state index in [0.29, 0.717) is 12.3 Å². The van der Waals surface area contributed by atoms with Gasteiger partial charge in [0.05, 0.1) is 0 Å². The molecule has 0 aromatic carbocycles. The van der Waals surface area contributed by atoms with E-state index in [1.165, 1.54) is 25.4 Å². The van der Waals surface area contributed by atoms with Gasteiger partial charge in [-0.25, -0.2) is 0 Å². The van der Waals surface area contributed by atoms with Crippen LogP contribution in [0, 0.1) is 0 Å². The van der Waals surface area contributed by atoms with E-state index in [0.717, 1.165) is 6.85 Å². The van der Waals surface area contributed by atoms with Crippen LogP contribution in [-0.2, 0) is 0 Å². The number of fused-ring (bicyclic) bond motifs is 1. The molecule has 0 saturated carbocycles. The monoisotopic (exact) mass is 197 g/mol. The van der Waals surface area contributed by atoms with E-state index in [-0.39, 0.29) is 6.39 Å². The van der Waals surface area contributed by atoms with Crippen molar-refractivity contribution < 1.29 is 0 Å². The molecule has 2 rings (SSSR count). The Morgan fingerprint density at radius 2 is 1.73 bits per heavy atom. The predicted octanol–water partition coefficient (Wildman–Crippen LogP) is 1.40. The topological polar surface area (TPSA) is 3.24 Å². The second-order valence-electron chi connectivity index (χ2n) is 5.13. The summed E-state index contributed by atoms with van der Waals surface area (Å²) in [5.41, 5.74) is 0.322. The van der Waals surface area contributed by atoms with E-state index in [1.54, 1.807) is 0 Å². The van der Waals surface area contributed by atoms with Crippen LogP contribution >= 0.6 is 0 Å². The summed E-state index contributed by atoms with van der Waals surface area (Å²) in [6.07, 6.45) is 4.93. The number of nitrogens with zero attached hydrogens (tertiary/aromatic N) is 1. The molecule has 2 aliphatic heterocycles. The molecule has 0 aromatic rings. The smallest absolute Gasteiger partial charge is 0.211 e. The van der Waals surface area contributed by atoms with Crippen LogP contribution in [0.25, 0.3) is 0 Å². The van der Waals surface area contributed by atoms with Gasteiger partial charge in [0.2, 0.25) is 6.85 Å². The van der Waals surface area contributed by atoms with Crippen LogP contribution in [0.2, 0.25) is 19.0 Å². The molecule has 2 aliphatic rings. The SMILES string of the molecule is CC.[B]B([B])B1CCB2CCC(C)(C)N21. The zero-order chi connectivity index (χ0) is 11.6. The summed E-state index contributed by atoms with van der Waals surface area (Å²) in [4.78, 5) is 0. The molecule has 4 radical (unpaired) electrons. The van der Waals surface area contributed by atoms with E-state index in [4.69, 9.17) is 15.5 Å². The van der Waals surface area contributed by atoms with Crippen molar-refractivity contribution in [3.63, 3.8) is 0 Å². The highest BCUT2D eigenvalue weighted by atomic mass is 15.1. The summed E-state index contributed by atoms with van der Waals surface area (Å²) < 4.78 is 2.57. The van der Waals surface area contributed by atoms with Gasteiger partial charge in [-0.3, -0.25) is 0 Å². The molecule has 0 bridgehead atoms. The van der Waals surface area contributed by atoms with Gasteiger partial charge in [0.15, 0.2) is 6.74 Å². The van der Waals surface area contributed by atoms with Crippen LogP contribution in [0.15, 0.2) is 0 Å². The molecule has 15 heavy (non-hydrogen) atoms. The van der Waals surface area contributed by atoms with Crippen LogP contribution in [0.1, 0.15) is 34.1 Å². The Bertz CT molecular complexity index is 209. The van der Waals surface area contributed by atoms with Crippen LogP contribution in [-0.4, -0.2) is 45.7 Å². The first kappa shape index (κ1) is 13.4. The summed E-state index contributed by atoms with van der Waals surface area (Å²) in [6.45, 7) is 9.80. The summed E-state index contributed by atoms with van der Waals surface area (Å²) in [6, 6.07) is 0. The fraction of sp³-hybridized carbons (Fsp3) is 1.00. The molecule has 1 nitrogen and oxygen atoms in total. The number of hydrogen-bond acceptors (Lipinski definition) is 1. The van der Waals surface area contributed by atoms with Gasteiger partial charge in [-0.1, -0.05) is 32.8 Å². The average Bonchev–Trinajstić information content (AvgIpc) is 2.72. The third-order valence-electron chi connectivity index (χ3n) is 3.78. The van der Waals surface area contributed by atoms with Gasteiger partial charge in [-0.05, 0) is 25.8 Å². The fourth-order valence-electron chi connectivity index (χ4n) is 3.17. The van der Waals surface area contributed by atoms with E-state index in [2.05, 4.69) is 18.6 Å². The second-order valence-corrected chi connectivity index (χ2v) is 5.13. The molecular weight excluding hydrogens is 176 g/mol. The molecule has 0 N–H and O–H groups in total. The highest BCUT2D eigenvalue weighted by Crippen LogP contribution is 2.40. The molecule has 6 heteroatoms. The quantitative estimate of drug-likeness (QED) is 0.573. The second kappa shape index (κ2) is 5.08. The third-order valence-corrected chi connectivity index (χ3v) is 3.78. The first-order valence-electron chi connectivity index (χ1n) is 6.32. The summed E-state index contributed by atoms with van der Waals surface area (Å²) in [7, 11) is 11.6. The maximum absolute atomic E-state index is 5.81. The minimum Gasteiger partial charge on any atom is -0.386 e. The van der Waals surface area contributed by atoms with Crippen molar-refractivity contribution in [2.24, 2.45) is 0 Å². The summed E-state index contributed by atoms with van der Waals surface area (Å²) >= 11 is 0. The van der Waals surface area contributed by atoms with E-state index in [9.17, 15) is 0 Å². The van der Waals surface area contributed by atoms with Crippen LogP contribution in [0.3, 0.4) is 0 Å². The Balaban J connectivity index is 0.000000531. The lowest BCUT2D eigenvalue weighted by Crippen LogP contribution is -2.56. The van der Waals surface area contributed by atoms with Gasteiger partial charge in [-0.2, -0.15) is 0 Å². The minimum absolute atomic E-state index is 0.164. The van der Waals surface area contributed by atoms with E-state index < -0.39 is 0 Å². The largest absolute Gasteiger partial charge is 0.386 e. The van der Waals surface area contributed by atoms with Gasteiger partial charge in [0.25, 0.3) is 0 Å². The standard InChI is InChI=1S/C7H14B5N.C2H6/c1-7(2)3-4-10-5-6-11(12(8)9)13(7)10;1-2/h3-6H2,1-2H3;1-2H3. The molecule has 2 fully saturated rings. The van der Waals surface area contributed by atoms with Crippen molar-refractivity contribution >= 4 is 35.4 Å². The van der Waals surface area contributed by atoms with Gasteiger partial charge in [-0.15, -0.1) is 0 Å². The van der Waals surface area contributed by atoms with Gasteiger partial charge < -0.3 is 4.72 Å². The van der Waals surface area contributed by atoms with Gasteiger partial charge in [0, 0.05) is 21.9 Å². The molecule has 0 spiro atoms. The van der Waals surface area contributed by atoms with Crippen LogP contribution in [0.5, 0.6) is 0 Å². The maximum atomic E-state index is 5.81. The van der Waals surface area contributed by atoms with Crippen molar-refractivity contribution in [1.82, 2.24) is 4.72 Å². The maximum Gasteiger partial charge on any atom is 0.211 e. The summed E-state index contributed by atoms with van der Waals surface area (Å²) in [5, 5.41) is 0. The Morgan fingerprint density at radius 3 is 2.27 bits per heavy atom. The lowest BCUT2D eigenvalue weighted by molar-refractivity contribution is 0.359.